The molecule has 13 rings (SSSR count). The van der Waals surface area contributed by atoms with Gasteiger partial charge in [0.25, 0.3) is 0 Å². The molecule has 5 heteroatoms. The summed E-state index contributed by atoms with van der Waals surface area (Å²) in [7, 11) is 0. The molecule has 0 radical (unpaired) electrons. The average molecular weight is 791 g/mol. The van der Waals surface area contributed by atoms with Gasteiger partial charge in [0, 0.05) is 38.1 Å². The van der Waals surface area contributed by atoms with Crippen LogP contribution in [0.1, 0.15) is 0 Å². The van der Waals surface area contributed by atoms with Crippen LogP contribution in [0.15, 0.2) is 211 Å². The second-order valence-electron chi connectivity index (χ2n) is 15.9. The van der Waals surface area contributed by atoms with E-state index in [-0.39, 0.29) is 0 Å². The van der Waals surface area contributed by atoms with Gasteiger partial charge in [0.15, 0.2) is 17.5 Å². The summed E-state index contributed by atoms with van der Waals surface area (Å²) in [5, 5.41) is 11.8. The van der Waals surface area contributed by atoms with E-state index in [9.17, 15) is 0 Å². The number of benzene rings is 10. The Kier molecular flexibility index (Phi) is 7.54. The van der Waals surface area contributed by atoms with E-state index in [1.54, 1.807) is 0 Å². The molecule has 0 fully saturated rings. The zero-order chi connectivity index (χ0) is 40.7. The minimum Gasteiger partial charge on any atom is -0.455 e. The van der Waals surface area contributed by atoms with Crippen molar-refractivity contribution in [1.82, 2.24) is 19.5 Å². The molecule has 5 nitrogen and oxygen atoms in total. The predicted molar refractivity (Wildman–Crippen MR) is 256 cm³/mol. The minimum absolute atomic E-state index is 0.554. The molecule has 13 aromatic rings. The highest BCUT2D eigenvalue weighted by molar-refractivity contribution is 6.25. The van der Waals surface area contributed by atoms with Crippen molar-refractivity contribution in [2.45, 2.75) is 0 Å². The van der Waals surface area contributed by atoms with Gasteiger partial charge in [-0.1, -0.05) is 158 Å². The molecule has 0 atom stereocenters. The summed E-state index contributed by atoms with van der Waals surface area (Å²) in [6.45, 7) is 0. The van der Waals surface area contributed by atoms with Crippen molar-refractivity contribution in [3.63, 3.8) is 0 Å². The van der Waals surface area contributed by atoms with Crippen LogP contribution in [0.3, 0.4) is 0 Å². The van der Waals surface area contributed by atoms with Gasteiger partial charge < -0.3 is 8.98 Å². The topological polar surface area (TPSA) is 56.7 Å². The van der Waals surface area contributed by atoms with E-state index in [4.69, 9.17) is 19.4 Å². The maximum atomic E-state index is 6.87. The zero-order valence-electron chi connectivity index (χ0n) is 33.3. The van der Waals surface area contributed by atoms with E-state index in [2.05, 4.69) is 174 Å². The average Bonchev–Trinajstić information content (AvgIpc) is 3.89. The lowest BCUT2D eigenvalue weighted by Gasteiger charge is -2.13. The summed E-state index contributed by atoms with van der Waals surface area (Å²) in [5.41, 5.74) is 9.89. The third-order valence-electron chi connectivity index (χ3n) is 12.4. The van der Waals surface area contributed by atoms with Crippen molar-refractivity contribution in [3.8, 4) is 51.0 Å². The van der Waals surface area contributed by atoms with E-state index >= 15 is 0 Å². The molecule has 3 heterocycles. The fourth-order valence-corrected chi connectivity index (χ4v) is 9.55. The van der Waals surface area contributed by atoms with Gasteiger partial charge in [0.1, 0.15) is 11.2 Å². The highest BCUT2D eigenvalue weighted by atomic mass is 16.3. The maximum Gasteiger partial charge on any atom is 0.167 e. The summed E-state index contributed by atoms with van der Waals surface area (Å²) in [5.74, 6) is 1.76. The lowest BCUT2D eigenvalue weighted by molar-refractivity contribution is 0.670. The summed E-state index contributed by atoms with van der Waals surface area (Å²) in [6, 6.07) is 72.7. The van der Waals surface area contributed by atoms with Crippen molar-refractivity contribution in [2.24, 2.45) is 0 Å². The van der Waals surface area contributed by atoms with Crippen molar-refractivity contribution < 1.29 is 4.42 Å². The molecule has 0 spiro atoms. The van der Waals surface area contributed by atoms with Crippen LogP contribution in [0, 0.1) is 0 Å². The van der Waals surface area contributed by atoms with E-state index in [0.29, 0.717) is 17.5 Å². The SMILES string of the molecule is c1ccc(-c2cccc(-c3nc(-c4ccccc4)nc(-c4cccc5c4oc4ccc6c(-n7c8cc9ccccc9cc8c8c9ccccc9ccc87)cccc6c45)n3)c2)cc1. The van der Waals surface area contributed by atoms with Gasteiger partial charge in [-0.15, -0.1) is 0 Å². The highest BCUT2D eigenvalue weighted by Gasteiger charge is 2.22. The van der Waals surface area contributed by atoms with Gasteiger partial charge in [-0.2, -0.15) is 0 Å². The first kappa shape index (κ1) is 34.5. The molecular formula is C57H34N4O. The van der Waals surface area contributed by atoms with Crippen LogP contribution in [-0.4, -0.2) is 19.5 Å². The number of hydrogen-bond donors (Lipinski definition) is 0. The molecule has 0 saturated heterocycles. The molecule has 0 bridgehead atoms. The van der Waals surface area contributed by atoms with E-state index in [1.807, 2.05) is 36.4 Å². The van der Waals surface area contributed by atoms with Gasteiger partial charge in [0.05, 0.1) is 22.3 Å². The number of fused-ring (bicyclic) bond motifs is 11. The first-order valence-electron chi connectivity index (χ1n) is 20.9. The molecule has 0 saturated carbocycles. The molecule has 0 unspecified atom stereocenters. The Bertz CT molecular complexity index is 3920. The normalized spacial score (nSPS) is 11.9. The van der Waals surface area contributed by atoms with Crippen molar-refractivity contribution >= 4 is 76.1 Å². The minimum atomic E-state index is 0.554. The molecular weight excluding hydrogens is 757 g/mol. The molecule has 0 N–H and O–H groups in total. The van der Waals surface area contributed by atoms with Crippen LogP contribution in [0.2, 0.25) is 0 Å². The molecule has 0 aliphatic heterocycles. The maximum absolute atomic E-state index is 6.87. The third-order valence-corrected chi connectivity index (χ3v) is 12.4. The van der Waals surface area contributed by atoms with Gasteiger partial charge in [-0.05, 0) is 86.6 Å². The van der Waals surface area contributed by atoms with E-state index in [1.165, 1.54) is 43.4 Å². The summed E-state index contributed by atoms with van der Waals surface area (Å²) in [6.07, 6.45) is 0. The molecule has 62 heavy (non-hydrogen) atoms. The number of para-hydroxylation sites is 1. The van der Waals surface area contributed by atoms with Gasteiger partial charge in [0.2, 0.25) is 0 Å². The van der Waals surface area contributed by atoms with Gasteiger partial charge in [-0.25, -0.2) is 15.0 Å². The fourth-order valence-electron chi connectivity index (χ4n) is 9.55. The lowest BCUT2D eigenvalue weighted by Crippen LogP contribution is -2.00. The summed E-state index contributed by atoms with van der Waals surface area (Å²) < 4.78 is 9.33. The highest BCUT2D eigenvalue weighted by Crippen LogP contribution is 2.44. The lowest BCUT2D eigenvalue weighted by atomic mass is 10.0. The van der Waals surface area contributed by atoms with Crippen LogP contribution in [0.25, 0.3) is 127 Å². The standard InChI is InChI=1S/C57H34N4O/c1-3-14-35(15-4-1)38-21-11-22-41(32-38)56-58-55(37-17-5-2-6-18-37)59-57(60-56)46-26-12-25-45-53-44-24-13-27-48(43(44)29-31-51(53)62-54(45)46)61-49-30-28-36-16-9-10-23-42(36)52(49)47-33-39-19-7-8-20-40(39)34-50(47)61/h1-34H. The Morgan fingerprint density at radius 1 is 0.339 bits per heavy atom. The number of hydrogen-bond acceptors (Lipinski definition) is 4. The van der Waals surface area contributed by atoms with Gasteiger partial charge >= 0.3 is 0 Å². The number of rotatable bonds is 5. The van der Waals surface area contributed by atoms with E-state index < -0.39 is 0 Å². The largest absolute Gasteiger partial charge is 0.455 e. The molecule has 10 aromatic carbocycles. The Morgan fingerprint density at radius 2 is 0.968 bits per heavy atom. The molecule has 288 valence electrons. The van der Waals surface area contributed by atoms with Crippen LogP contribution >= 0.6 is 0 Å². The first-order chi connectivity index (χ1) is 30.7. The van der Waals surface area contributed by atoms with Gasteiger partial charge in [-0.3, -0.25) is 0 Å². The van der Waals surface area contributed by atoms with Crippen molar-refractivity contribution in [2.75, 3.05) is 0 Å². The predicted octanol–water partition coefficient (Wildman–Crippen LogP) is 15.0. The molecule has 0 aliphatic carbocycles. The van der Waals surface area contributed by atoms with Crippen molar-refractivity contribution in [1.29, 1.82) is 0 Å². The first-order valence-corrected chi connectivity index (χ1v) is 20.9. The smallest absolute Gasteiger partial charge is 0.167 e. The number of nitrogens with zero attached hydrogens (tertiary/aromatic N) is 4. The Balaban J connectivity index is 1.03. The van der Waals surface area contributed by atoms with E-state index in [0.717, 1.165) is 66.2 Å². The second-order valence-corrected chi connectivity index (χ2v) is 15.9. The number of aromatic nitrogens is 4. The van der Waals surface area contributed by atoms with Crippen LogP contribution in [-0.2, 0) is 0 Å². The second kappa shape index (κ2) is 13.6. The Morgan fingerprint density at radius 3 is 1.81 bits per heavy atom. The Hall–Kier alpha value is -8.41. The molecule has 0 aliphatic rings. The number of furan rings is 1. The quantitative estimate of drug-likeness (QED) is 0.174. The van der Waals surface area contributed by atoms with Crippen LogP contribution in [0.4, 0.5) is 0 Å². The molecule has 0 amide bonds. The Labute approximate surface area is 355 Å². The van der Waals surface area contributed by atoms with Crippen LogP contribution in [0.5, 0.6) is 0 Å². The monoisotopic (exact) mass is 790 g/mol. The van der Waals surface area contributed by atoms with Crippen molar-refractivity contribution in [3.05, 3.63) is 206 Å². The summed E-state index contributed by atoms with van der Waals surface area (Å²) >= 11 is 0. The zero-order valence-corrected chi connectivity index (χ0v) is 33.3. The third kappa shape index (κ3) is 5.32. The fraction of sp³-hybridized carbons (Fsp3) is 0. The van der Waals surface area contributed by atoms with Crippen LogP contribution < -0.4 is 0 Å². The summed E-state index contributed by atoms with van der Waals surface area (Å²) in [4.78, 5) is 15.4. The molecule has 3 aromatic heterocycles.